The SMILES string of the molecule is CC(C)(C)n1nc(C(=O)NCC2CCCC2O)cc1C1CC1. The Morgan fingerprint density at radius 1 is 1.36 bits per heavy atom. The lowest BCUT2D eigenvalue weighted by Gasteiger charge is -2.22. The van der Waals surface area contributed by atoms with Crippen molar-refractivity contribution in [1.29, 1.82) is 0 Å². The minimum Gasteiger partial charge on any atom is -0.393 e. The van der Waals surface area contributed by atoms with E-state index in [4.69, 9.17) is 0 Å². The van der Waals surface area contributed by atoms with Crippen LogP contribution in [0, 0.1) is 5.92 Å². The van der Waals surface area contributed by atoms with E-state index in [0.717, 1.165) is 19.3 Å². The fraction of sp³-hybridized carbons (Fsp3) is 0.765. The zero-order valence-electron chi connectivity index (χ0n) is 13.8. The molecule has 0 aliphatic heterocycles. The van der Waals surface area contributed by atoms with Crippen molar-refractivity contribution < 1.29 is 9.90 Å². The Morgan fingerprint density at radius 2 is 2.09 bits per heavy atom. The fourth-order valence-corrected chi connectivity index (χ4v) is 3.28. The number of aliphatic hydroxyl groups is 1. The van der Waals surface area contributed by atoms with Gasteiger partial charge in [0.15, 0.2) is 0 Å². The van der Waals surface area contributed by atoms with E-state index in [0.29, 0.717) is 18.2 Å². The van der Waals surface area contributed by atoms with Crippen LogP contribution in [0.2, 0.25) is 0 Å². The number of nitrogens with zero attached hydrogens (tertiary/aromatic N) is 2. The minimum atomic E-state index is -0.269. The molecule has 2 aliphatic rings. The molecule has 0 spiro atoms. The van der Waals surface area contributed by atoms with Crippen LogP contribution in [-0.2, 0) is 5.54 Å². The lowest BCUT2D eigenvalue weighted by Crippen LogP contribution is -2.33. The third-order valence-corrected chi connectivity index (χ3v) is 4.74. The molecule has 2 aliphatic carbocycles. The van der Waals surface area contributed by atoms with Gasteiger partial charge in [-0.3, -0.25) is 9.48 Å². The summed E-state index contributed by atoms with van der Waals surface area (Å²) in [5.41, 5.74) is 1.57. The summed E-state index contributed by atoms with van der Waals surface area (Å²) in [4.78, 5) is 12.4. The van der Waals surface area contributed by atoms with Gasteiger partial charge >= 0.3 is 0 Å². The molecule has 0 bridgehead atoms. The molecule has 2 fully saturated rings. The van der Waals surface area contributed by atoms with Gasteiger partial charge in [0.05, 0.1) is 11.6 Å². The fourth-order valence-electron chi connectivity index (χ4n) is 3.28. The second-order valence-electron chi connectivity index (χ2n) is 7.78. The Morgan fingerprint density at radius 3 is 2.64 bits per heavy atom. The summed E-state index contributed by atoms with van der Waals surface area (Å²) >= 11 is 0. The van der Waals surface area contributed by atoms with E-state index in [9.17, 15) is 9.90 Å². The standard InChI is InChI=1S/C17H27N3O2/c1-17(2,3)20-14(11-7-8-11)9-13(19-20)16(22)18-10-12-5-4-6-15(12)21/h9,11-12,15,21H,4-8,10H2,1-3H3,(H,18,22). The molecular formula is C17H27N3O2. The van der Waals surface area contributed by atoms with Gasteiger partial charge in [-0.15, -0.1) is 0 Å². The summed E-state index contributed by atoms with van der Waals surface area (Å²) in [6.07, 6.45) is 5.01. The number of carbonyl (C=O) groups excluding carboxylic acids is 1. The number of carbonyl (C=O) groups is 1. The molecule has 1 heterocycles. The molecule has 3 rings (SSSR count). The Bertz CT molecular complexity index is 555. The number of amides is 1. The normalized spacial score (nSPS) is 25.5. The maximum Gasteiger partial charge on any atom is 0.271 e. The number of hydrogen-bond acceptors (Lipinski definition) is 3. The average Bonchev–Trinajstić information content (AvgIpc) is 3.04. The molecule has 2 unspecified atom stereocenters. The van der Waals surface area contributed by atoms with Crippen molar-refractivity contribution in [3.63, 3.8) is 0 Å². The summed E-state index contributed by atoms with van der Waals surface area (Å²) in [7, 11) is 0. The van der Waals surface area contributed by atoms with Crippen LogP contribution in [0.3, 0.4) is 0 Å². The van der Waals surface area contributed by atoms with Gasteiger partial charge in [0, 0.05) is 24.1 Å². The summed E-state index contributed by atoms with van der Waals surface area (Å²) < 4.78 is 2.00. The number of nitrogens with one attached hydrogen (secondary N) is 1. The molecule has 5 heteroatoms. The predicted octanol–water partition coefficient (Wildman–Crippen LogP) is 2.41. The van der Waals surface area contributed by atoms with Crippen LogP contribution in [0.1, 0.15) is 75.0 Å². The van der Waals surface area contributed by atoms with Gasteiger partial charge in [0.2, 0.25) is 0 Å². The lowest BCUT2D eigenvalue weighted by atomic mass is 10.1. The predicted molar refractivity (Wildman–Crippen MR) is 84.9 cm³/mol. The van der Waals surface area contributed by atoms with Crippen LogP contribution in [0.15, 0.2) is 6.07 Å². The molecule has 0 aromatic carbocycles. The van der Waals surface area contributed by atoms with E-state index in [2.05, 4.69) is 31.2 Å². The van der Waals surface area contributed by atoms with E-state index < -0.39 is 0 Å². The number of aliphatic hydroxyl groups excluding tert-OH is 1. The zero-order chi connectivity index (χ0) is 15.9. The molecule has 5 nitrogen and oxygen atoms in total. The van der Waals surface area contributed by atoms with Gasteiger partial charge in [0.1, 0.15) is 5.69 Å². The molecule has 2 N–H and O–H groups in total. The average molecular weight is 305 g/mol. The Labute approximate surface area is 132 Å². The number of rotatable bonds is 4. The van der Waals surface area contributed by atoms with Crippen molar-refractivity contribution in [3.05, 3.63) is 17.5 Å². The Kier molecular flexibility index (Phi) is 4.02. The monoisotopic (exact) mass is 305 g/mol. The quantitative estimate of drug-likeness (QED) is 0.897. The van der Waals surface area contributed by atoms with Crippen molar-refractivity contribution in [2.24, 2.45) is 5.92 Å². The van der Waals surface area contributed by atoms with Gasteiger partial charge in [-0.2, -0.15) is 5.10 Å². The molecule has 0 radical (unpaired) electrons. The van der Waals surface area contributed by atoms with E-state index in [-0.39, 0.29) is 23.5 Å². The largest absolute Gasteiger partial charge is 0.393 e. The van der Waals surface area contributed by atoms with Crippen LogP contribution in [0.4, 0.5) is 0 Å². The van der Waals surface area contributed by atoms with E-state index in [1.807, 2.05) is 10.7 Å². The molecule has 22 heavy (non-hydrogen) atoms. The van der Waals surface area contributed by atoms with Crippen LogP contribution in [0.5, 0.6) is 0 Å². The highest BCUT2D eigenvalue weighted by Crippen LogP contribution is 2.41. The first-order chi connectivity index (χ1) is 10.4. The highest BCUT2D eigenvalue weighted by atomic mass is 16.3. The summed E-state index contributed by atoms with van der Waals surface area (Å²) in [6.45, 7) is 6.88. The highest BCUT2D eigenvalue weighted by molar-refractivity contribution is 5.92. The summed E-state index contributed by atoms with van der Waals surface area (Å²) in [6, 6.07) is 1.95. The van der Waals surface area contributed by atoms with Gasteiger partial charge in [-0.25, -0.2) is 0 Å². The molecule has 2 atom stereocenters. The third-order valence-electron chi connectivity index (χ3n) is 4.74. The van der Waals surface area contributed by atoms with Crippen molar-refractivity contribution in [3.8, 4) is 0 Å². The Hall–Kier alpha value is -1.36. The van der Waals surface area contributed by atoms with Crippen LogP contribution in [-0.4, -0.2) is 33.4 Å². The van der Waals surface area contributed by atoms with Gasteiger partial charge in [-0.1, -0.05) is 6.42 Å². The first-order valence-electron chi connectivity index (χ1n) is 8.43. The van der Waals surface area contributed by atoms with Crippen molar-refractivity contribution >= 4 is 5.91 Å². The van der Waals surface area contributed by atoms with E-state index in [1.54, 1.807) is 0 Å². The first-order valence-corrected chi connectivity index (χ1v) is 8.43. The second-order valence-corrected chi connectivity index (χ2v) is 7.78. The van der Waals surface area contributed by atoms with Crippen molar-refractivity contribution in [2.45, 2.75) is 70.4 Å². The molecular weight excluding hydrogens is 278 g/mol. The molecule has 1 aromatic heterocycles. The van der Waals surface area contributed by atoms with Crippen LogP contribution >= 0.6 is 0 Å². The first kappa shape index (κ1) is 15.5. The van der Waals surface area contributed by atoms with Crippen molar-refractivity contribution in [2.75, 3.05) is 6.54 Å². The third kappa shape index (κ3) is 3.19. The summed E-state index contributed by atoms with van der Waals surface area (Å²) in [5.74, 6) is 0.630. The zero-order valence-corrected chi connectivity index (χ0v) is 13.8. The lowest BCUT2D eigenvalue weighted by molar-refractivity contribution is 0.0910. The Balaban J connectivity index is 1.70. The van der Waals surface area contributed by atoms with Gasteiger partial charge in [0.25, 0.3) is 5.91 Å². The van der Waals surface area contributed by atoms with E-state index in [1.165, 1.54) is 18.5 Å². The minimum absolute atomic E-state index is 0.113. The molecule has 0 saturated heterocycles. The molecule has 122 valence electrons. The maximum absolute atomic E-state index is 12.4. The topological polar surface area (TPSA) is 67.2 Å². The van der Waals surface area contributed by atoms with Crippen molar-refractivity contribution in [1.82, 2.24) is 15.1 Å². The van der Waals surface area contributed by atoms with Crippen LogP contribution in [0.25, 0.3) is 0 Å². The smallest absolute Gasteiger partial charge is 0.271 e. The number of hydrogen-bond donors (Lipinski definition) is 2. The molecule has 1 aromatic rings. The highest BCUT2D eigenvalue weighted by Gasteiger charge is 2.33. The second kappa shape index (κ2) is 5.69. The summed E-state index contributed by atoms with van der Waals surface area (Å²) in [5, 5.41) is 17.3. The molecule has 2 saturated carbocycles. The maximum atomic E-state index is 12.4. The van der Waals surface area contributed by atoms with Gasteiger partial charge < -0.3 is 10.4 Å². The van der Waals surface area contributed by atoms with Gasteiger partial charge in [-0.05, 0) is 52.5 Å². The van der Waals surface area contributed by atoms with E-state index >= 15 is 0 Å². The number of aromatic nitrogens is 2. The van der Waals surface area contributed by atoms with Crippen LogP contribution < -0.4 is 5.32 Å². The molecule has 1 amide bonds.